The van der Waals surface area contributed by atoms with Gasteiger partial charge in [-0.2, -0.15) is 5.10 Å². The first-order valence-corrected chi connectivity index (χ1v) is 9.68. The molecule has 0 saturated heterocycles. The summed E-state index contributed by atoms with van der Waals surface area (Å²) in [4.78, 5) is 25.3. The second-order valence-corrected chi connectivity index (χ2v) is 7.11. The molecule has 2 aromatic carbocycles. The molecule has 1 aliphatic rings. The Hall–Kier alpha value is -3.75. The molecular weight excluding hydrogens is 402 g/mol. The van der Waals surface area contributed by atoms with E-state index in [0.29, 0.717) is 34.1 Å². The van der Waals surface area contributed by atoms with Gasteiger partial charge in [0.05, 0.1) is 20.4 Å². The van der Waals surface area contributed by atoms with Gasteiger partial charge in [-0.15, -0.1) is 0 Å². The van der Waals surface area contributed by atoms with E-state index in [1.54, 1.807) is 43.5 Å². The SMILES string of the molecule is COc1ccc(C=NNC(=O)[C@H](NC(=O)c2ccc3c(c2)OCO3)C(C)C)cc1OC. The summed E-state index contributed by atoms with van der Waals surface area (Å²) in [6, 6.07) is 9.34. The number of hydrogen-bond acceptors (Lipinski definition) is 7. The van der Waals surface area contributed by atoms with Gasteiger partial charge in [0.1, 0.15) is 6.04 Å². The van der Waals surface area contributed by atoms with Crippen LogP contribution in [0, 0.1) is 5.92 Å². The minimum absolute atomic E-state index is 0.121. The van der Waals surface area contributed by atoms with Crippen LogP contribution >= 0.6 is 0 Å². The number of ether oxygens (including phenoxy) is 4. The molecule has 0 spiro atoms. The normalized spacial score (nSPS) is 13.2. The first-order valence-electron chi connectivity index (χ1n) is 9.68. The summed E-state index contributed by atoms with van der Waals surface area (Å²) >= 11 is 0. The molecule has 0 aliphatic carbocycles. The Morgan fingerprint density at radius 1 is 1.03 bits per heavy atom. The highest BCUT2D eigenvalue weighted by atomic mass is 16.7. The van der Waals surface area contributed by atoms with Crippen LogP contribution in [0.4, 0.5) is 0 Å². The second kappa shape index (κ2) is 9.84. The number of carbonyl (C=O) groups excluding carboxylic acids is 2. The molecule has 1 aliphatic heterocycles. The van der Waals surface area contributed by atoms with Crippen molar-refractivity contribution in [2.75, 3.05) is 21.0 Å². The molecule has 1 heterocycles. The molecule has 0 bridgehead atoms. The lowest BCUT2D eigenvalue weighted by Crippen LogP contribution is -2.48. The first-order chi connectivity index (χ1) is 14.9. The number of nitrogens with one attached hydrogen (secondary N) is 2. The molecule has 2 N–H and O–H groups in total. The molecule has 2 aromatic rings. The molecule has 164 valence electrons. The molecular formula is C22H25N3O6. The van der Waals surface area contributed by atoms with Gasteiger partial charge in [-0.3, -0.25) is 9.59 Å². The van der Waals surface area contributed by atoms with Crippen LogP contribution in [-0.4, -0.2) is 45.1 Å². The number of amides is 2. The van der Waals surface area contributed by atoms with Crippen molar-refractivity contribution in [1.82, 2.24) is 10.7 Å². The van der Waals surface area contributed by atoms with Gasteiger partial charge in [0.2, 0.25) is 6.79 Å². The summed E-state index contributed by atoms with van der Waals surface area (Å²) in [6.07, 6.45) is 1.48. The van der Waals surface area contributed by atoms with E-state index < -0.39 is 17.9 Å². The van der Waals surface area contributed by atoms with E-state index in [1.807, 2.05) is 13.8 Å². The number of benzene rings is 2. The van der Waals surface area contributed by atoms with Gasteiger partial charge >= 0.3 is 0 Å². The molecule has 31 heavy (non-hydrogen) atoms. The minimum atomic E-state index is -0.777. The molecule has 0 radical (unpaired) electrons. The fourth-order valence-electron chi connectivity index (χ4n) is 2.97. The maximum Gasteiger partial charge on any atom is 0.262 e. The van der Waals surface area contributed by atoms with Crippen LogP contribution in [-0.2, 0) is 4.79 Å². The summed E-state index contributed by atoms with van der Waals surface area (Å²) in [5.41, 5.74) is 3.56. The second-order valence-electron chi connectivity index (χ2n) is 7.11. The van der Waals surface area contributed by atoms with Crippen molar-refractivity contribution in [1.29, 1.82) is 0 Å². The number of carbonyl (C=O) groups is 2. The summed E-state index contributed by atoms with van der Waals surface area (Å²) < 4.78 is 21.0. The molecule has 2 amide bonds. The zero-order valence-electron chi connectivity index (χ0n) is 17.8. The highest BCUT2D eigenvalue weighted by Gasteiger charge is 2.25. The predicted molar refractivity (Wildman–Crippen MR) is 114 cm³/mol. The highest BCUT2D eigenvalue weighted by molar-refractivity contribution is 5.98. The Morgan fingerprint density at radius 3 is 2.48 bits per heavy atom. The van der Waals surface area contributed by atoms with E-state index >= 15 is 0 Å². The quantitative estimate of drug-likeness (QED) is 0.495. The predicted octanol–water partition coefficient (Wildman–Crippen LogP) is 2.34. The molecule has 3 rings (SSSR count). The van der Waals surface area contributed by atoms with Gasteiger partial charge in [-0.05, 0) is 47.9 Å². The zero-order valence-corrected chi connectivity index (χ0v) is 17.8. The summed E-state index contributed by atoms with van der Waals surface area (Å²) in [7, 11) is 3.09. The third-order valence-electron chi connectivity index (χ3n) is 4.67. The number of methoxy groups -OCH3 is 2. The number of nitrogens with zero attached hydrogens (tertiary/aromatic N) is 1. The topological polar surface area (TPSA) is 107 Å². The third kappa shape index (κ3) is 5.25. The van der Waals surface area contributed by atoms with E-state index in [-0.39, 0.29) is 12.7 Å². The minimum Gasteiger partial charge on any atom is -0.493 e. The van der Waals surface area contributed by atoms with Crippen LogP contribution in [0.1, 0.15) is 29.8 Å². The van der Waals surface area contributed by atoms with Crippen molar-refractivity contribution in [2.45, 2.75) is 19.9 Å². The largest absolute Gasteiger partial charge is 0.493 e. The van der Waals surface area contributed by atoms with Crippen LogP contribution in [0.3, 0.4) is 0 Å². The molecule has 1 atom stereocenters. The fraction of sp³-hybridized carbons (Fsp3) is 0.318. The molecule has 9 heteroatoms. The fourth-order valence-corrected chi connectivity index (χ4v) is 2.97. The van der Waals surface area contributed by atoms with Gasteiger partial charge in [-0.25, -0.2) is 5.43 Å². The average Bonchev–Trinajstić information content (AvgIpc) is 3.24. The molecule has 9 nitrogen and oxygen atoms in total. The molecule has 0 fully saturated rings. The molecule has 0 unspecified atom stereocenters. The van der Waals surface area contributed by atoms with E-state index in [0.717, 1.165) is 0 Å². The number of hydrogen-bond donors (Lipinski definition) is 2. The Balaban J connectivity index is 1.64. The van der Waals surface area contributed by atoms with Crippen LogP contribution in [0.15, 0.2) is 41.5 Å². The Bertz CT molecular complexity index is 989. The van der Waals surface area contributed by atoms with E-state index in [4.69, 9.17) is 18.9 Å². The lowest BCUT2D eigenvalue weighted by molar-refractivity contribution is -0.123. The molecule has 0 aromatic heterocycles. The van der Waals surface area contributed by atoms with Crippen LogP contribution in [0.5, 0.6) is 23.0 Å². The summed E-state index contributed by atoms with van der Waals surface area (Å²) in [5, 5.41) is 6.74. The number of fused-ring (bicyclic) bond motifs is 1. The van der Waals surface area contributed by atoms with E-state index in [9.17, 15) is 9.59 Å². The van der Waals surface area contributed by atoms with E-state index in [2.05, 4.69) is 15.8 Å². The average molecular weight is 427 g/mol. The van der Waals surface area contributed by atoms with Crippen molar-refractivity contribution in [2.24, 2.45) is 11.0 Å². The number of rotatable bonds is 8. The third-order valence-corrected chi connectivity index (χ3v) is 4.67. The van der Waals surface area contributed by atoms with Gasteiger partial charge in [0.25, 0.3) is 11.8 Å². The summed E-state index contributed by atoms with van der Waals surface area (Å²) in [6.45, 7) is 3.79. The van der Waals surface area contributed by atoms with Gasteiger partial charge < -0.3 is 24.3 Å². The standard InChI is InChI=1S/C22H25N3O6/c1-13(2)20(24-21(26)15-6-8-17-19(10-15)31-12-30-17)22(27)25-23-11-14-5-7-16(28-3)18(9-14)29-4/h5-11,13,20H,12H2,1-4H3,(H,24,26)(H,25,27)/t20-/m1/s1. The lowest BCUT2D eigenvalue weighted by Gasteiger charge is -2.20. The lowest BCUT2D eigenvalue weighted by atomic mass is 10.0. The maximum absolute atomic E-state index is 12.6. The maximum atomic E-state index is 12.6. The molecule has 0 saturated carbocycles. The van der Waals surface area contributed by atoms with Crippen molar-refractivity contribution in [3.63, 3.8) is 0 Å². The summed E-state index contributed by atoms with van der Waals surface area (Å²) in [5.74, 6) is 1.24. The number of hydrazone groups is 1. The van der Waals surface area contributed by atoms with Crippen LogP contribution in [0.2, 0.25) is 0 Å². The highest BCUT2D eigenvalue weighted by Crippen LogP contribution is 2.32. The Labute approximate surface area is 180 Å². The van der Waals surface area contributed by atoms with Gasteiger partial charge in [-0.1, -0.05) is 13.8 Å². The Kier molecular flexibility index (Phi) is 6.96. The zero-order chi connectivity index (χ0) is 22.4. The van der Waals surface area contributed by atoms with Crippen LogP contribution < -0.4 is 29.7 Å². The monoisotopic (exact) mass is 427 g/mol. The van der Waals surface area contributed by atoms with Gasteiger partial charge in [0, 0.05) is 5.56 Å². The smallest absolute Gasteiger partial charge is 0.262 e. The Morgan fingerprint density at radius 2 is 1.77 bits per heavy atom. The van der Waals surface area contributed by atoms with Crippen LogP contribution in [0.25, 0.3) is 0 Å². The van der Waals surface area contributed by atoms with Crippen molar-refractivity contribution in [3.05, 3.63) is 47.5 Å². The van der Waals surface area contributed by atoms with E-state index in [1.165, 1.54) is 13.3 Å². The first kappa shape index (κ1) is 21.9. The van der Waals surface area contributed by atoms with Gasteiger partial charge in [0.15, 0.2) is 23.0 Å². The van der Waals surface area contributed by atoms with Crippen molar-refractivity contribution in [3.8, 4) is 23.0 Å². The van der Waals surface area contributed by atoms with Crippen molar-refractivity contribution < 1.29 is 28.5 Å². The van der Waals surface area contributed by atoms with Crippen molar-refractivity contribution >= 4 is 18.0 Å².